The molecule has 0 aliphatic rings. The molecule has 0 rings (SSSR count). The molecule has 0 saturated heterocycles. The van der Waals surface area contributed by atoms with E-state index in [1.807, 2.05) is 0 Å². The fourth-order valence-electron chi connectivity index (χ4n) is 8.39. The predicted molar refractivity (Wildman–Crippen MR) is 303 cm³/mol. The zero-order valence-corrected chi connectivity index (χ0v) is 51.2. The third kappa shape index (κ3) is 51.9. The number of phosphoric acid groups is 2. The molecular weight excluding hydrogens is 1030 g/mol. The third-order valence-electron chi connectivity index (χ3n) is 13.5. The van der Waals surface area contributed by atoms with E-state index in [9.17, 15) is 43.2 Å². The lowest BCUT2D eigenvalue weighted by molar-refractivity contribution is -0.161. The average Bonchev–Trinajstić information content (AvgIpc) is 3.38. The van der Waals surface area contributed by atoms with Crippen LogP contribution in [-0.2, 0) is 65.4 Å². The smallest absolute Gasteiger partial charge is 0.462 e. The molecule has 0 heterocycles. The second-order valence-electron chi connectivity index (χ2n) is 22.2. The lowest BCUT2D eigenvalue weighted by Crippen LogP contribution is -2.30. The van der Waals surface area contributed by atoms with Crippen molar-refractivity contribution in [1.29, 1.82) is 0 Å². The fourth-order valence-corrected chi connectivity index (χ4v) is 9.97. The topological polar surface area (TPSA) is 237 Å². The van der Waals surface area contributed by atoms with Crippen molar-refractivity contribution in [3.8, 4) is 0 Å². The number of rotatable bonds is 56. The van der Waals surface area contributed by atoms with Crippen LogP contribution < -0.4 is 0 Å². The number of aliphatic hydroxyl groups excluding tert-OH is 1. The lowest BCUT2D eigenvalue weighted by atomic mass is 9.99. The molecule has 6 atom stereocenters. The molecule has 17 nitrogen and oxygen atoms in total. The number of unbranched alkanes of at least 4 members (excludes halogenated alkanes) is 23. The molecule has 0 aromatic rings. The zero-order chi connectivity index (χ0) is 57.4. The van der Waals surface area contributed by atoms with E-state index >= 15 is 0 Å². The summed E-state index contributed by atoms with van der Waals surface area (Å²) < 4.78 is 67.5. The normalized spacial score (nSPS) is 14.9. The summed E-state index contributed by atoms with van der Waals surface area (Å²) in [6, 6.07) is 0. The van der Waals surface area contributed by atoms with Gasteiger partial charge in [0.1, 0.15) is 19.3 Å². The van der Waals surface area contributed by atoms with Gasteiger partial charge in [0.25, 0.3) is 0 Å². The van der Waals surface area contributed by atoms with E-state index in [4.69, 9.17) is 37.0 Å². The Morgan fingerprint density at radius 1 is 0.377 bits per heavy atom. The summed E-state index contributed by atoms with van der Waals surface area (Å²) in [5.74, 6) is -0.00848. The van der Waals surface area contributed by atoms with Crippen LogP contribution >= 0.6 is 15.6 Å². The van der Waals surface area contributed by atoms with Gasteiger partial charge in [-0.2, -0.15) is 0 Å². The van der Waals surface area contributed by atoms with Crippen LogP contribution in [0.2, 0.25) is 0 Å². The van der Waals surface area contributed by atoms with Crippen molar-refractivity contribution in [3.05, 3.63) is 0 Å². The first-order chi connectivity index (χ1) is 36.8. The lowest BCUT2D eigenvalue weighted by Gasteiger charge is -2.21. The molecule has 0 fully saturated rings. The summed E-state index contributed by atoms with van der Waals surface area (Å²) in [5, 5.41) is 10.5. The minimum atomic E-state index is -4.94. The minimum Gasteiger partial charge on any atom is -0.462 e. The molecule has 3 unspecified atom stereocenters. The first-order valence-corrected chi connectivity index (χ1v) is 33.4. The van der Waals surface area contributed by atoms with Gasteiger partial charge in [-0.15, -0.1) is 0 Å². The minimum absolute atomic E-state index is 0.100. The van der Waals surface area contributed by atoms with Gasteiger partial charge >= 0.3 is 39.5 Å². The molecule has 3 N–H and O–H groups in total. The highest BCUT2D eigenvalue weighted by Crippen LogP contribution is 2.45. The molecule has 0 aliphatic carbocycles. The highest BCUT2D eigenvalue weighted by Gasteiger charge is 2.30. The van der Waals surface area contributed by atoms with Crippen molar-refractivity contribution >= 4 is 39.5 Å². The van der Waals surface area contributed by atoms with Crippen molar-refractivity contribution in [3.63, 3.8) is 0 Å². The highest BCUT2D eigenvalue weighted by molar-refractivity contribution is 7.47. The monoisotopic (exact) mass is 1140 g/mol. The zero-order valence-electron chi connectivity index (χ0n) is 49.4. The number of esters is 4. The van der Waals surface area contributed by atoms with Gasteiger partial charge in [-0.25, -0.2) is 9.13 Å². The maximum absolute atomic E-state index is 12.9. The van der Waals surface area contributed by atoms with E-state index in [2.05, 4.69) is 48.5 Å². The van der Waals surface area contributed by atoms with Crippen LogP contribution in [0.5, 0.6) is 0 Å². The Balaban J connectivity index is 5.18. The SMILES string of the molecule is CCCCCCCC(=O)OC[C@H](COP(=O)(O)OC[C@H](O)COP(=O)(O)OC[C@@H](COC(=O)CCCCCCCCC(C)C)OC(=O)CCCCCCCCCCCCC(C)CC)OC(=O)CCCCCCCCC(C)C. The third-order valence-corrected chi connectivity index (χ3v) is 15.4. The number of carbonyl (C=O) groups excluding carboxylic acids is 4. The summed E-state index contributed by atoms with van der Waals surface area (Å²) >= 11 is 0. The van der Waals surface area contributed by atoms with E-state index in [1.165, 1.54) is 70.6 Å². The number of hydrogen-bond acceptors (Lipinski definition) is 15. The van der Waals surface area contributed by atoms with Gasteiger partial charge in [-0.3, -0.25) is 37.3 Å². The number of phosphoric ester groups is 2. The first kappa shape index (κ1) is 75.1. The van der Waals surface area contributed by atoms with Crippen LogP contribution in [0, 0.1) is 17.8 Å². The van der Waals surface area contributed by atoms with E-state index < -0.39 is 97.5 Å². The van der Waals surface area contributed by atoms with Gasteiger partial charge in [0.15, 0.2) is 12.2 Å². The maximum atomic E-state index is 12.9. The fraction of sp³-hybridized carbons (Fsp3) is 0.931. The first-order valence-electron chi connectivity index (χ1n) is 30.4. The molecule has 0 bridgehead atoms. The van der Waals surface area contributed by atoms with Crippen LogP contribution in [0.3, 0.4) is 0 Å². The molecule has 0 amide bonds. The van der Waals surface area contributed by atoms with Crippen molar-refractivity contribution < 1.29 is 80.2 Å². The van der Waals surface area contributed by atoms with E-state index in [0.717, 1.165) is 109 Å². The molecule has 0 aromatic carbocycles. The summed E-state index contributed by atoms with van der Waals surface area (Å²) in [6.45, 7) is 11.5. The van der Waals surface area contributed by atoms with E-state index in [1.54, 1.807) is 0 Å². The van der Waals surface area contributed by atoms with Gasteiger partial charge < -0.3 is 33.8 Å². The molecule has 19 heteroatoms. The van der Waals surface area contributed by atoms with Gasteiger partial charge in [-0.1, -0.05) is 222 Å². The van der Waals surface area contributed by atoms with Crippen LogP contribution in [-0.4, -0.2) is 96.7 Å². The molecule has 456 valence electrons. The second kappa shape index (κ2) is 49.8. The summed E-state index contributed by atoms with van der Waals surface area (Å²) in [7, 11) is -9.87. The summed E-state index contributed by atoms with van der Waals surface area (Å²) in [6.07, 6.45) is 28.6. The molecule has 0 radical (unpaired) electrons. The Morgan fingerprint density at radius 2 is 0.662 bits per heavy atom. The van der Waals surface area contributed by atoms with Crippen LogP contribution in [0.15, 0.2) is 0 Å². The van der Waals surface area contributed by atoms with Gasteiger partial charge in [0.2, 0.25) is 0 Å². The predicted octanol–water partition coefficient (Wildman–Crippen LogP) is 15.2. The van der Waals surface area contributed by atoms with Gasteiger partial charge in [0.05, 0.1) is 26.4 Å². The quantitative estimate of drug-likeness (QED) is 0.0222. The van der Waals surface area contributed by atoms with Gasteiger partial charge in [-0.05, 0) is 43.4 Å². The molecule has 0 spiro atoms. The summed E-state index contributed by atoms with van der Waals surface area (Å²) in [5.41, 5.74) is 0. The Labute approximate surface area is 467 Å². The van der Waals surface area contributed by atoms with Crippen molar-refractivity contribution in [1.82, 2.24) is 0 Å². The summed E-state index contributed by atoms with van der Waals surface area (Å²) in [4.78, 5) is 71.6. The van der Waals surface area contributed by atoms with Crippen LogP contribution in [0.4, 0.5) is 0 Å². The van der Waals surface area contributed by atoms with Crippen LogP contribution in [0.25, 0.3) is 0 Å². The van der Waals surface area contributed by atoms with E-state index in [0.29, 0.717) is 37.5 Å². The largest absolute Gasteiger partial charge is 0.472 e. The highest BCUT2D eigenvalue weighted by atomic mass is 31.2. The van der Waals surface area contributed by atoms with E-state index in [-0.39, 0.29) is 25.7 Å². The van der Waals surface area contributed by atoms with Gasteiger partial charge in [0, 0.05) is 25.7 Å². The molecule has 0 aliphatic heterocycles. The Bertz CT molecular complexity index is 1550. The molecule has 0 saturated carbocycles. The van der Waals surface area contributed by atoms with Crippen molar-refractivity contribution in [2.45, 2.75) is 292 Å². The Hall–Kier alpha value is -1.94. The Morgan fingerprint density at radius 3 is 0.987 bits per heavy atom. The van der Waals surface area contributed by atoms with Crippen LogP contribution in [0.1, 0.15) is 273 Å². The number of carbonyl (C=O) groups is 4. The Kier molecular flexibility index (Phi) is 48.6. The second-order valence-corrected chi connectivity index (χ2v) is 25.1. The average molecular weight is 1140 g/mol. The molecule has 77 heavy (non-hydrogen) atoms. The molecule has 0 aromatic heterocycles. The number of ether oxygens (including phenoxy) is 4. The van der Waals surface area contributed by atoms with Crippen molar-refractivity contribution in [2.24, 2.45) is 17.8 Å². The van der Waals surface area contributed by atoms with Crippen molar-refractivity contribution in [2.75, 3.05) is 39.6 Å². The standard InChI is InChI=1S/C58H112O17P2/c1-8-10-11-22-32-39-55(60)68-45-53(75-58(63)42-35-28-21-19-24-30-37-50(5)6)47-72-76(64,65)70-43-52(59)44-71-77(66,67)73-48-54(46-69-56(61)40-33-26-20-18-23-29-36-49(3)4)74-57(62)41-34-27-17-15-13-12-14-16-25-31-38-51(7)9-2/h49-54,59H,8-48H2,1-7H3,(H,64,65)(H,66,67)/t51?,52-,53+,54+/m0/s1. The number of aliphatic hydroxyl groups is 1. The molecular formula is C58H112O17P2. The maximum Gasteiger partial charge on any atom is 0.472 e. The number of hydrogen-bond donors (Lipinski definition) is 3.